The van der Waals surface area contributed by atoms with Crippen molar-refractivity contribution in [2.24, 2.45) is 5.73 Å². The molecule has 0 aliphatic carbocycles. The zero-order valence-corrected chi connectivity index (χ0v) is 39.1. The van der Waals surface area contributed by atoms with Crippen LogP contribution in [0.25, 0.3) is 11.3 Å². The predicted octanol–water partition coefficient (Wildman–Crippen LogP) is 4.28. The second kappa shape index (κ2) is 21.9. The molecule has 20 heteroatoms. The van der Waals surface area contributed by atoms with Gasteiger partial charge >= 0.3 is 5.97 Å². The molecule has 0 unspecified atom stereocenters. The fourth-order valence-corrected chi connectivity index (χ4v) is 8.69. The van der Waals surface area contributed by atoms with Crippen molar-refractivity contribution >= 4 is 72.4 Å². The van der Waals surface area contributed by atoms with E-state index in [9.17, 15) is 9.90 Å². The van der Waals surface area contributed by atoms with E-state index in [4.69, 9.17) is 30.1 Å². The number of fused-ring (bicyclic) bond motifs is 2. The smallest absolute Gasteiger partial charge is 0.322 e. The zero-order valence-electron chi connectivity index (χ0n) is 35.9. The number of anilines is 4. The van der Waals surface area contributed by atoms with Gasteiger partial charge in [-0.3, -0.25) is 14.5 Å². The molecule has 2 saturated heterocycles. The standard InChI is InChI=1S/C23H31BrN7O3.C20H26BrN6O2/c1-16(25)23(32)34-11-8-18-7-3-4-10-30(18)21-12-20(31-22(28-21)19(24)14-27-31)26-13-17-6-5-9-29(15-17)33-2;1-29-25-8-4-5-15(14-25)12-22-18-11-19(24-20-17(21)13-23-27(18)20)26-9-3-2-6-16(26)7-10-28/h5-6,9,12,14-16,18,26H,3-4,7-8,10-11,13,25H2,1-2H3;4-5,8,11,13-14,16,22,28H,2-3,6-7,9-10,12H2,1H3/q2*+1/t16-,18-;16-/m00/s1. The van der Waals surface area contributed by atoms with Crippen molar-refractivity contribution in [3.63, 3.8) is 0 Å². The van der Waals surface area contributed by atoms with Crippen LogP contribution in [0.5, 0.6) is 0 Å². The first-order chi connectivity index (χ1) is 30.6. The highest BCUT2D eigenvalue weighted by Gasteiger charge is 2.27. The van der Waals surface area contributed by atoms with E-state index in [1.54, 1.807) is 47.5 Å². The molecule has 2 aliphatic heterocycles. The van der Waals surface area contributed by atoms with E-state index in [1.807, 2.05) is 59.6 Å². The summed E-state index contributed by atoms with van der Waals surface area (Å²) in [5.41, 5.74) is 9.28. The molecule has 8 rings (SSSR count). The number of hydrogen-bond donors (Lipinski definition) is 4. The van der Waals surface area contributed by atoms with Crippen molar-refractivity contribution in [3.05, 3.63) is 93.7 Å². The largest absolute Gasteiger partial charge is 0.464 e. The first kappa shape index (κ1) is 45.7. The third kappa shape index (κ3) is 11.5. The van der Waals surface area contributed by atoms with Gasteiger partial charge in [-0.05, 0) is 95.9 Å². The molecule has 3 atom stereocenters. The van der Waals surface area contributed by atoms with Gasteiger partial charge in [0.15, 0.2) is 11.3 Å². The van der Waals surface area contributed by atoms with Crippen LogP contribution < -0.4 is 45.3 Å². The van der Waals surface area contributed by atoms with Gasteiger partial charge in [-0.15, -0.1) is 0 Å². The van der Waals surface area contributed by atoms with Gasteiger partial charge in [-0.1, -0.05) is 0 Å². The van der Waals surface area contributed by atoms with Crippen LogP contribution in [0.15, 0.2) is 82.5 Å². The zero-order chi connectivity index (χ0) is 44.3. The molecule has 2 fully saturated rings. The molecule has 6 aromatic rings. The number of aliphatic hydroxyl groups is 1. The van der Waals surface area contributed by atoms with Gasteiger partial charge in [0.05, 0.1) is 27.9 Å². The fourth-order valence-electron chi connectivity index (χ4n) is 8.00. The Bertz CT molecular complexity index is 2450. The molecular formula is C43H57Br2N13O5+2. The summed E-state index contributed by atoms with van der Waals surface area (Å²) < 4.78 is 14.0. The summed E-state index contributed by atoms with van der Waals surface area (Å²) in [7, 11) is 3.27. The van der Waals surface area contributed by atoms with Crippen molar-refractivity contribution in [1.29, 1.82) is 0 Å². The number of halogens is 2. The van der Waals surface area contributed by atoms with Gasteiger partial charge in [0.1, 0.15) is 43.5 Å². The van der Waals surface area contributed by atoms with Gasteiger partial charge in [-0.25, -0.2) is 9.97 Å². The van der Waals surface area contributed by atoms with Crippen molar-refractivity contribution in [2.45, 2.75) is 89.5 Å². The molecule has 2 aliphatic rings. The summed E-state index contributed by atoms with van der Waals surface area (Å²) in [5, 5.41) is 25.4. The third-order valence-electron chi connectivity index (χ3n) is 11.2. The molecule has 336 valence electrons. The molecular weight excluding hydrogens is 938 g/mol. The highest BCUT2D eigenvalue weighted by atomic mass is 79.9. The van der Waals surface area contributed by atoms with E-state index < -0.39 is 6.04 Å². The molecule has 0 bridgehead atoms. The number of piperidine rings is 2. The quantitative estimate of drug-likeness (QED) is 0.0795. The maximum atomic E-state index is 11.8. The van der Waals surface area contributed by atoms with Gasteiger partial charge in [0.2, 0.25) is 24.8 Å². The van der Waals surface area contributed by atoms with E-state index in [-0.39, 0.29) is 18.6 Å². The number of carbonyl (C=O) groups excluding carboxylic acids is 1. The molecule has 8 heterocycles. The number of aliphatic hydroxyl groups excluding tert-OH is 1. The van der Waals surface area contributed by atoms with Crippen LogP contribution in [0.4, 0.5) is 23.3 Å². The van der Waals surface area contributed by atoms with Crippen molar-refractivity contribution in [2.75, 3.05) is 61.0 Å². The molecule has 0 amide bonds. The number of ether oxygens (including phenoxy) is 1. The minimum absolute atomic E-state index is 0.193. The molecule has 0 spiro atoms. The highest BCUT2D eigenvalue weighted by molar-refractivity contribution is 9.11. The summed E-state index contributed by atoms with van der Waals surface area (Å²) in [4.78, 5) is 36.7. The Hall–Kier alpha value is -5.31. The van der Waals surface area contributed by atoms with Crippen LogP contribution in [0.1, 0.15) is 69.4 Å². The molecule has 18 nitrogen and oxygen atoms in total. The monoisotopic (exact) mass is 993 g/mol. The highest BCUT2D eigenvalue weighted by Crippen LogP contribution is 2.32. The van der Waals surface area contributed by atoms with Gasteiger partial charge < -0.3 is 36.0 Å². The number of carbonyl (C=O) groups is 1. The second-order valence-corrected chi connectivity index (χ2v) is 17.3. The normalized spacial score (nSPS) is 16.9. The van der Waals surface area contributed by atoms with Crippen LogP contribution in [-0.4, -0.2) is 98.9 Å². The van der Waals surface area contributed by atoms with Crippen LogP contribution in [0.3, 0.4) is 0 Å². The van der Waals surface area contributed by atoms with Crippen LogP contribution in [-0.2, 0) is 22.6 Å². The SMILES string of the molecule is CO[n+]1cccc(CNc2cc(N3CCCC[C@H]3CCO)nc3c(Br)cnn23)c1.CO[n+]1cccc(CNc2cc(N3CCCC[C@H]3CCOC(=O)[C@H](C)N)nc3c(Br)cnn23)c1. The molecule has 0 aromatic carbocycles. The van der Waals surface area contributed by atoms with E-state index in [0.29, 0.717) is 25.7 Å². The summed E-state index contributed by atoms with van der Waals surface area (Å²) in [6.45, 7) is 5.24. The van der Waals surface area contributed by atoms with E-state index in [2.05, 4.69) is 68.6 Å². The number of pyridine rings is 2. The molecule has 0 radical (unpaired) electrons. The molecule has 6 aromatic heterocycles. The summed E-state index contributed by atoms with van der Waals surface area (Å²) >= 11 is 7.15. The van der Waals surface area contributed by atoms with Crippen LogP contribution >= 0.6 is 31.9 Å². The lowest BCUT2D eigenvalue weighted by atomic mass is 9.99. The lowest BCUT2D eigenvalue weighted by molar-refractivity contribution is -0.885. The summed E-state index contributed by atoms with van der Waals surface area (Å²) in [6.07, 6.45) is 19.2. The fraction of sp³-hybridized carbons (Fsp3) is 0.465. The van der Waals surface area contributed by atoms with Crippen molar-refractivity contribution in [1.82, 2.24) is 29.2 Å². The Morgan fingerprint density at radius 3 is 1.78 bits per heavy atom. The topological polar surface area (TPSA) is 190 Å². The average Bonchev–Trinajstić information content (AvgIpc) is 3.89. The Balaban J connectivity index is 0.000000191. The predicted molar refractivity (Wildman–Crippen MR) is 245 cm³/mol. The Morgan fingerprint density at radius 2 is 1.32 bits per heavy atom. The minimum Gasteiger partial charge on any atom is -0.464 e. The van der Waals surface area contributed by atoms with E-state index >= 15 is 0 Å². The second-order valence-electron chi connectivity index (χ2n) is 15.6. The average molecular weight is 996 g/mol. The van der Waals surface area contributed by atoms with E-state index in [1.165, 1.54) is 6.42 Å². The lowest BCUT2D eigenvalue weighted by Crippen LogP contribution is -2.41. The number of nitrogens with one attached hydrogen (secondary N) is 2. The number of nitrogens with two attached hydrogens (primary N) is 1. The van der Waals surface area contributed by atoms with Gasteiger partial charge in [-0.2, -0.15) is 19.2 Å². The third-order valence-corrected chi connectivity index (χ3v) is 12.4. The number of aromatic nitrogens is 8. The number of rotatable bonds is 16. The minimum atomic E-state index is -0.609. The number of esters is 1. The van der Waals surface area contributed by atoms with E-state index in [0.717, 1.165) is 113 Å². The first-order valence-corrected chi connectivity index (χ1v) is 23.0. The van der Waals surface area contributed by atoms with Gasteiger partial charge in [0.25, 0.3) is 0 Å². The van der Waals surface area contributed by atoms with Gasteiger partial charge in [0, 0.05) is 96.1 Å². The number of hydrogen-bond acceptors (Lipinski definition) is 14. The first-order valence-electron chi connectivity index (χ1n) is 21.4. The lowest BCUT2D eigenvalue weighted by Gasteiger charge is -2.37. The van der Waals surface area contributed by atoms with Crippen LogP contribution in [0, 0.1) is 0 Å². The molecule has 0 saturated carbocycles. The number of nitrogens with zero attached hydrogens (tertiary/aromatic N) is 10. The Labute approximate surface area is 383 Å². The molecule has 63 heavy (non-hydrogen) atoms. The summed E-state index contributed by atoms with van der Waals surface area (Å²) in [5.74, 6) is 3.13. The van der Waals surface area contributed by atoms with Crippen molar-refractivity contribution < 1.29 is 33.8 Å². The van der Waals surface area contributed by atoms with Crippen molar-refractivity contribution in [3.8, 4) is 0 Å². The Morgan fingerprint density at radius 1 is 0.825 bits per heavy atom. The van der Waals surface area contributed by atoms with Crippen LogP contribution in [0.2, 0.25) is 0 Å². The maximum absolute atomic E-state index is 11.8. The Kier molecular flexibility index (Phi) is 15.9. The summed E-state index contributed by atoms with van der Waals surface area (Å²) in [6, 6.07) is 12.0. The maximum Gasteiger partial charge on any atom is 0.322 e. The molecule has 5 N–H and O–H groups in total.